The van der Waals surface area contributed by atoms with Gasteiger partial charge in [-0.1, -0.05) is 39.8 Å². The second-order valence-corrected chi connectivity index (χ2v) is 9.71. The van der Waals surface area contributed by atoms with Crippen LogP contribution in [0.2, 0.25) is 0 Å². The lowest BCUT2D eigenvalue weighted by Crippen LogP contribution is -2.54. The van der Waals surface area contributed by atoms with Crippen molar-refractivity contribution in [2.45, 2.75) is 65.5 Å². The minimum atomic E-state index is -0.376. The normalized spacial score (nSPS) is 51.3. The monoisotopic (exact) mass is 343 g/mol. The van der Waals surface area contributed by atoms with Crippen molar-refractivity contribution in [1.82, 2.24) is 4.90 Å². The fourth-order valence-electron chi connectivity index (χ4n) is 7.64. The van der Waals surface area contributed by atoms with Gasteiger partial charge in [0.1, 0.15) is 6.10 Å². The minimum absolute atomic E-state index is 0.0147. The first-order chi connectivity index (χ1) is 11.8. The molecule has 0 unspecified atom stereocenters. The molecule has 4 heteroatoms. The van der Waals surface area contributed by atoms with E-state index in [4.69, 9.17) is 4.74 Å². The van der Waals surface area contributed by atoms with Crippen LogP contribution < -0.4 is 0 Å². The van der Waals surface area contributed by atoms with Gasteiger partial charge in [0.15, 0.2) is 0 Å². The third kappa shape index (κ3) is 1.61. The number of carbonyl (C=O) groups excluding carboxylic acids is 2. The van der Waals surface area contributed by atoms with Gasteiger partial charge in [-0.3, -0.25) is 4.79 Å². The van der Waals surface area contributed by atoms with Crippen LogP contribution in [0.4, 0.5) is 4.79 Å². The van der Waals surface area contributed by atoms with Gasteiger partial charge in [0, 0.05) is 17.3 Å². The highest BCUT2D eigenvalue weighted by molar-refractivity contribution is 5.96. The molecule has 4 fully saturated rings. The van der Waals surface area contributed by atoms with E-state index >= 15 is 0 Å². The van der Waals surface area contributed by atoms with Crippen LogP contribution in [0.15, 0.2) is 12.2 Å². The van der Waals surface area contributed by atoms with Crippen molar-refractivity contribution in [3.8, 4) is 0 Å². The first-order valence-electron chi connectivity index (χ1n) is 10.1. The number of imide groups is 1. The van der Waals surface area contributed by atoms with Gasteiger partial charge in [0.2, 0.25) is 5.91 Å². The average molecular weight is 343 g/mol. The standard InChI is InChI=1S/C21H29NO3/c1-5-21-9-8-14(20(21,3)4)16-17(21)22(19(24)25-16)18(23)15-11(2)12-6-7-13(15)10-12/h6-7,11-17H,5,8-10H2,1-4H3/t11-,12+,13-,14+,15+,16+,17+,21-/m0/s1. The molecular weight excluding hydrogens is 314 g/mol. The molecule has 8 atom stereocenters. The molecule has 0 spiro atoms. The molecule has 5 rings (SSSR count). The third-order valence-electron chi connectivity index (χ3n) is 9.10. The maximum Gasteiger partial charge on any atom is 0.417 e. The lowest BCUT2D eigenvalue weighted by molar-refractivity contribution is -0.138. The largest absolute Gasteiger partial charge is 0.443 e. The van der Waals surface area contributed by atoms with Gasteiger partial charge in [-0.15, -0.1) is 0 Å². The summed E-state index contributed by atoms with van der Waals surface area (Å²) in [5, 5.41) is 0. The van der Waals surface area contributed by atoms with E-state index in [-0.39, 0.29) is 40.9 Å². The Bertz CT molecular complexity index is 683. The molecule has 0 radical (unpaired) electrons. The number of amides is 2. The Morgan fingerprint density at radius 2 is 2.04 bits per heavy atom. The Hall–Kier alpha value is -1.32. The quantitative estimate of drug-likeness (QED) is 0.712. The number of hydrogen-bond acceptors (Lipinski definition) is 3. The second kappa shape index (κ2) is 4.69. The first kappa shape index (κ1) is 15.9. The molecule has 1 saturated heterocycles. The number of allylic oxidation sites excluding steroid dienone is 2. The Morgan fingerprint density at radius 3 is 2.68 bits per heavy atom. The van der Waals surface area contributed by atoms with Crippen LogP contribution in [0.5, 0.6) is 0 Å². The SMILES string of the molecule is CC[C@]12CC[C@H]([C@H]3OC(=O)N(C(=O)[C@@H]4[C@@H](C)[C@@H]5C=C[C@H]4C5)[C@H]31)C2(C)C. The van der Waals surface area contributed by atoms with Crippen LogP contribution in [0.3, 0.4) is 0 Å². The zero-order chi connectivity index (χ0) is 17.7. The summed E-state index contributed by atoms with van der Waals surface area (Å²) in [6, 6.07) is -0.0541. The maximum absolute atomic E-state index is 13.5. The van der Waals surface area contributed by atoms with Crippen LogP contribution in [-0.4, -0.2) is 29.0 Å². The highest BCUT2D eigenvalue weighted by Crippen LogP contribution is 2.70. The molecule has 0 aromatic carbocycles. The Labute approximate surface area is 150 Å². The molecule has 136 valence electrons. The molecule has 5 aliphatic rings. The molecule has 0 aromatic rings. The number of ether oxygens (including phenoxy) is 1. The summed E-state index contributed by atoms with van der Waals surface area (Å²) in [6.45, 7) is 9.05. The number of fused-ring (bicyclic) bond motifs is 7. The molecule has 3 saturated carbocycles. The lowest BCUT2D eigenvalue weighted by atomic mass is 9.65. The van der Waals surface area contributed by atoms with Crippen molar-refractivity contribution in [3.63, 3.8) is 0 Å². The van der Waals surface area contributed by atoms with E-state index < -0.39 is 0 Å². The van der Waals surface area contributed by atoms with E-state index in [0.717, 1.165) is 25.7 Å². The van der Waals surface area contributed by atoms with Crippen LogP contribution in [-0.2, 0) is 9.53 Å². The molecule has 1 heterocycles. The van der Waals surface area contributed by atoms with Gasteiger partial charge in [0.25, 0.3) is 0 Å². The van der Waals surface area contributed by atoms with Crippen molar-refractivity contribution in [2.75, 3.05) is 0 Å². The van der Waals surface area contributed by atoms with Gasteiger partial charge in [-0.2, -0.15) is 0 Å². The summed E-state index contributed by atoms with van der Waals surface area (Å²) in [6.07, 6.45) is 8.29. The van der Waals surface area contributed by atoms with Gasteiger partial charge < -0.3 is 4.74 Å². The molecule has 0 N–H and O–H groups in total. The van der Waals surface area contributed by atoms with E-state index in [2.05, 4.69) is 39.8 Å². The second-order valence-electron chi connectivity index (χ2n) is 9.71. The van der Waals surface area contributed by atoms with Crippen molar-refractivity contribution < 1.29 is 14.3 Å². The van der Waals surface area contributed by atoms with E-state index in [9.17, 15) is 9.59 Å². The highest BCUT2D eigenvalue weighted by atomic mass is 16.6. The topological polar surface area (TPSA) is 46.6 Å². The Balaban J connectivity index is 1.53. The number of rotatable bonds is 2. The minimum Gasteiger partial charge on any atom is -0.443 e. The summed E-state index contributed by atoms with van der Waals surface area (Å²) in [5.74, 6) is 1.53. The van der Waals surface area contributed by atoms with Gasteiger partial charge in [-0.25, -0.2) is 9.69 Å². The van der Waals surface area contributed by atoms with E-state index in [0.29, 0.717) is 23.7 Å². The molecule has 4 nitrogen and oxygen atoms in total. The molecule has 4 aliphatic carbocycles. The fourth-order valence-corrected chi connectivity index (χ4v) is 7.64. The summed E-state index contributed by atoms with van der Waals surface area (Å²) >= 11 is 0. The maximum atomic E-state index is 13.5. The van der Waals surface area contributed by atoms with Crippen LogP contribution in [0.25, 0.3) is 0 Å². The van der Waals surface area contributed by atoms with Crippen molar-refractivity contribution in [3.05, 3.63) is 12.2 Å². The lowest BCUT2D eigenvalue weighted by Gasteiger charge is -2.44. The number of carbonyl (C=O) groups is 2. The zero-order valence-corrected chi connectivity index (χ0v) is 15.7. The summed E-state index contributed by atoms with van der Waals surface area (Å²) in [4.78, 5) is 27.9. The Kier molecular flexibility index (Phi) is 2.98. The zero-order valence-electron chi connectivity index (χ0n) is 15.7. The van der Waals surface area contributed by atoms with Crippen molar-refractivity contribution >= 4 is 12.0 Å². The molecular formula is C21H29NO3. The molecule has 0 aromatic heterocycles. The van der Waals surface area contributed by atoms with Crippen LogP contribution in [0, 0.1) is 40.4 Å². The first-order valence-corrected chi connectivity index (χ1v) is 10.1. The Morgan fingerprint density at radius 1 is 1.32 bits per heavy atom. The van der Waals surface area contributed by atoms with Gasteiger partial charge in [-0.05, 0) is 48.9 Å². The number of nitrogens with zero attached hydrogens (tertiary/aromatic N) is 1. The third-order valence-corrected chi connectivity index (χ3v) is 9.10. The van der Waals surface area contributed by atoms with Gasteiger partial charge in [0.05, 0.1) is 6.04 Å². The van der Waals surface area contributed by atoms with Crippen LogP contribution >= 0.6 is 0 Å². The fraction of sp³-hybridized carbons (Fsp3) is 0.810. The van der Waals surface area contributed by atoms with Gasteiger partial charge >= 0.3 is 6.09 Å². The summed E-state index contributed by atoms with van der Waals surface area (Å²) in [7, 11) is 0. The number of hydrogen-bond donors (Lipinski definition) is 0. The molecule has 25 heavy (non-hydrogen) atoms. The smallest absolute Gasteiger partial charge is 0.417 e. The summed E-state index contributed by atoms with van der Waals surface area (Å²) in [5.41, 5.74) is 0.136. The average Bonchev–Trinajstić information content (AvgIpc) is 3.31. The molecule has 1 aliphatic heterocycles. The van der Waals surface area contributed by atoms with E-state index in [1.165, 1.54) is 0 Å². The molecule has 2 amide bonds. The highest BCUT2D eigenvalue weighted by Gasteiger charge is 2.74. The predicted octanol–water partition coefficient (Wildman–Crippen LogP) is 4.01. The summed E-state index contributed by atoms with van der Waals surface area (Å²) < 4.78 is 5.84. The van der Waals surface area contributed by atoms with Crippen molar-refractivity contribution in [2.24, 2.45) is 40.4 Å². The molecule has 4 bridgehead atoms. The van der Waals surface area contributed by atoms with Crippen LogP contribution in [0.1, 0.15) is 53.4 Å². The van der Waals surface area contributed by atoms with E-state index in [1.54, 1.807) is 4.90 Å². The van der Waals surface area contributed by atoms with Crippen molar-refractivity contribution in [1.29, 1.82) is 0 Å². The van der Waals surface area contributed by atoms with E-state index in [1.807, 2.05) is 0 Å². The predicted molar refractivity (Wildman–Crippen MR) is 93.5 cm³/mol.